The molecule has 5 aliphatic rings. The van der Waals surface area contributed by atoms with Gasteiger partial charge in [-0.2, -0.15) is 4.98 Å². The molecule has 58 heavy (non-hydrogen) atoms. The number of carbonyl (C=O) groups excluding carboxylic acids is 4. The highest BCUT2D eigenvalue weighted by Gasteiger charge is 2.40. The number of piperidine rings is 2. The number of amides is 4. The first-order chi connectivity index (χ1) is 28.1. The molecule has 308 valence electrons. The van der Waals surface area contributed by atoms with Crippen LogP contribution in [0.1, 0.15) is 80.1 Å². The number of aromatic nitrogens is 2. The number of likely N-dealkylation sites (N-methyl/N-ethyl adjacent to an activating group) is 1. The minimum Gasteiger partial charge on any atom is -0.495 e. The van der Waals surface area contributed by atoms with Crippen molar-refractivity contribution >= 4 is 52.5 Å². The Morgan fingerprint density at radius 3 is 2.29 bits per heavy atom. The molecule has 4 aliphatic heterocycles. The van der Waals surface area contributed by atoms with Gasteiger partial charge in [0, 0.05) is 89.2 Å². The summed E-state index contributed by atoms with van der Waals surface area (Å²) in [6.45, 7) is 9.77. The van der Waals surface area contributed by atoms with E-state index in [-0.39, 0.29) is 47.7 Å². The number of hydrogen-bond acceptors (Lipinski definition) is 12. The van der Waals surface area contributed by atoms with Gasteiger partial charge in [-0.1, -0.05) is 25.0 Å². The van der Waals surface area contributed by atoms with Crippen molar-refractivity contribution in [2.24, 2.45) is 0 Å². The van der Waals surface area contributed by atoms with Crippen molar-refractivity contribution in [2.45, 2.75) is 82.3 Å². The average molecular weight is 793 g/mol. The van der Waals surface area contributed by atoms with Gasteiger partial charge in [-0.15, -0.1) is 0 Å². The molecule has 1 unspecified atom stereocenters. The molecule has 0 radical (unpaired) electrons. The first-order valence-corrected chi connectivity index (χ1v) is 21.0. The number of nitrogens with one attached hydrogen (secondary N) is 3. The summed E-state index contributed by atoms with van der Waals surface area (Å²) in [6.07, 6.45) is 8.84. The third kappa shape index (κ3) is 8.46. The molecule has 3 N–H and O–H groups in total. The molecule has 1 saturated carbocycles. The fourth-order valence-corrected chi connectivity index (χ4v) is 9.29. The van der Waals surface area contributed by atoms with Gasteiger partial charge in [0.1, 0.15) is 17.5 Å². The van der Waals surface area contributed by atoms with Crippen molar-refractivity contribution < 1.29 is 23.9 Å². The van der Waals surface area contributed by atoms with Crippen LogP contribution in [-0.4, -0.2) is 128 Å². The number of piperazine rings is 1. The Morgan fingerprint density at radius 1 is 0.897 bits per heavy atom. The number of hydrogen-bond donors (Lipinski definition) is 3. The van der Waals surface area contributed by atoms with Crippen LogP contribution in [0.2, 0.25) is 0 Å². The van der Waals surface area contributed by atoms with Crippen molar-refractivity contribution in [3.05, 3.63) is 59.8 Å². The second-order valence-electron chi connectivity index (χ2n) is 16.4. The third-order valence-electron chi connectivity index (χ3n) is 12.8. The number of anilines is 5. The zero-order valence-electron chi connectivity index (χ0n) is 33.9. The maximum atomic E-state index is 13.4. The first kappa shape index (κ1) is 39.5. The van der Waals surface area contributed by atoms with Gasteiger partial charge >= 0.3 is 0 Å². The van der Waals surface area contributed by atoms with E-state index in [2.05, 4.69) is 52.7 Å². The molecule has 4 fully saturated rings. The minimum absolute atomic E-state index is 0.0438. The Bertz CT molecular complexity index is 1990. The summed E-state index contributed by atoms with van der Waals surface area (Å²) < 4.78 is 5.72. The SMILES string of the molecule is COc1cc(C(=O)NC2CCN(CCN3CCN(c4ccc(C5CCC(=O)NC5=O)cc4)CC3)CC2)ccc1Nc1ncc2c(n1)N(C1CCCC1)[C@H](C)C(=O)N2C. The van der Waals surface area contributed by atoms with Gasteiger partial charge in [0.2, 0.25) is 23.7 Å². The number of fused-ring (bicyclic) bond motifs is 1. The smallest absolute Gasteiger partial charge is 0.251 e. The minimum atomic E-state index is -0.302. The molecule has 3 aromatic rings. The van der Waals surface area contributed by atoms with Gasteiger partial charge < -0.3 is 35.0 Å². The maximum absolute atomic E-state index is 13.4. The van der Waals surface area contributed by atoms with E-state index in [0.29, 0.717) is 41.5 Å². The second kappa shape index (κ2) is 17.3. The average Bonchev–Trinajstić information content (AvgIpc) is 3.78. The zero-order valence-corrected chi connectivity index (χ0v) is 33.9. The molecular formula is C43H56N10O5. The van der Waals surface area contributed by atoms with Gasteiger partial charge in [-0.25, -0.2) is 4.98 Å². The summed E-state index contributed by atoms with van der Waals surface area (Å²) in [5.41, 5.74) is 4.01. The van der Waals surface area contributed by atoms with E-state index in [1.54, 1.807) is 37.4 Å². The van der Waals surface area contributed by atoms with Crippen molar-refractivity contribution in [3.8, 4) is 5.75 Å². The highest BCUT2D eigenvalue weighted by molar-refractivity contribution is 6.04. The summed E-state index contributed by atoms with van der Waals surface area (Å²) in [5.74, 6) is 0.956. The fourth-order valence-electron chi connectivity index (χ4n) is 9.29. The van der Waals surface area contributed by atoms with Crippen LogP contribution in [0.25, 0.3) is 0 Å². The van der Waals surface area contributed by atoms with Crippen LogP contribution in [0.15, 0.2) is 48.7 Å². The van der Waals surface area contributed by atoms with Crippen LogP contribution in [-0.2, 0) is 14.4 Å². The van der Waals surface area contributed by atoms with E-state index >= 15 is 0 Å². The van der Waals surface area contributed by atoms with Crippen molar-refractivity contribution in [3.63, 3.8) is 0 Å². The molecule has 4 amide bonds. The molecule has 0 spiro atoms. The molecule has 15 heteroatoms. The molecule has 3 saturated heterocycles. The number of carbonyl (C=O) groups is 4. The summed E-state index contributed by atoms with van der Waals surface area (Å²) in [4.78, 5) is 71.0. The lowest BCUT2D eigenvalue weighted by molar-refractivity contribution is -0.134. The Morgan fingerprint density at radius 2 is 1.60 bits per heavy atom. The molecule has 1 aromatic heterocycles. The predicted molar refractivity (Wildman–Crippen MR) is 223 cm³/mol. The van der Waals surface area contributed by atoms with E-state index in [1.165, 1.54) is 5.69 Å². The van der Waals surface area contributed by atoms with Crippen LogP contribution in [0.5, 0.6) is 5.75 Å². The monoisotopic (exact) mass is 792 g/mol. The number of nitrogens with zero attached hydrogens (tertiary/aromatic N) is 7. The van der Waals surface area contributed by atoms with E-state index in [9.17, 15) is 19.2 Å². The number of methoxy groups -OCH3 is 1. The number of imide groups is 1. The molecule has 1 aliphatic carbocycles. The summed E-state index contributed by atoms with van der Waals surface area (Å²) in [6, 6.07) is 13.7. The van der Waals surface area contributed by atoms with Crippen LogP contribution in [0.4, 0.5) is 28.8 Å². The standard InChI is InChI=1S/C43H56N10O5/c1-28-42(57)49(2)36-27-44-43(48-39(36)53(28)33-6-4-5-7-33)46-35-14-10-30(26-37(35)58-3)40(55)45-31-16-18-50(19-17-31)20-21-51-22-24-52(25-23-51)32-11-8-29(9-12-32)34-13-15-38(54)47-41(34)56/h8-12,14,26-28,31,33-34H,4-7,13,15-25H2,1-3H3,(H,45,55)(H,44,46,48)(H,47,54,56)/t28-,34?/m1/s1. The third-order valence-corrected chi connectivity index (χ3v) is 12.8. The Balaban J connectivity index is 0.786. The van der Waals surface area contributed by atoms with Crippen molar-refractivity contribution in [1.82, 2.24) is 30.4 Å². The highest BCUT2D eigenvalue weighted by Crippen LogP contribution is 2.40. The van der Waals surface area contributed by atoms with E-state index < -0.39 is 0 Å². The molecule has 5 heterocycles. The zero-order chi connectivity index (χ0) is 40.3. The van der Waals surface area contributed by atoms with Gasteiger partial charge in [-0.3, -0.25) is 29.4 Å². The Hall–Kier alpha value is -5.28. The molecule has 15 nitrogen and oxygen atoms in total. The van der Waals surface area contributed by atoms with Gasteiger partial charge in [0.05, 0.1) is 24.9 Å². The van der Waals surface area contributed by atoms with E-state index in [0.717, 1.165) is 102 Å². The van der Waals surface area contributed by atoms with Gasteiger partial charge in [0.25, 0.3) is 5.91 Å². The molecule has 2 atom stereocenters. The van der Waals surface area contributed by atoms with Crippen LogP contribution >= 0.6 is 0 Å². The molecular weight excluding hydrogens is 737 g/mol. The molecule has 0 bridgehead atoms. The van der Waals surface area contributed by atoms with Crippen LogP contribution in [0, 0.1) is 0 Å². The molecule has 2 aromatic carbocycles. The predicted octanol–water partition coefficient (Wildman–Crippen LogP) is 3.88. The van der Waals surface area contributed by atoms with Gasteiger partial charge in [-0.05, 0) is 74.9 Å². The van der Waals surface area contributed by atoms with E-state index in [4.69, 9.17) is 9.72 Å². The summed E-state index contributed by atoms with van der Waals surface area (Å²) >= 11 is 0. The Labute approximate surface area is 340 Å². The van der Waals surface area contributed by atoms with Crippen LogP contribution in [0.3, 0.4) is 0 Å². The van der Waals surface area contributed by atoms with Crippen LogP contribution < -0.4 is 35.4 Å². The van der Waals surface area contributed by atoms with Crippen molar-refractivity contribution in [1.29, 1.82) is 0 Å². The normalized spacial score (nSPS) is 22.5. The number of likely N-dealkylation sites (tertiary alicyclic amines) is 1. The maximum Gasteiger partial charge on any atom is 0.251 e. The lowest BCUT2D eigenvalue weighted by atomic mass is 9.90. The van der Waals surface area contributed by atoms with E-state index in [1.807, 2.05) is 25.1 Å². The summed E-state index contributed by atoms with van der Waals surface area (Å²) in [7, 11) is 3.36. The lowest BCUT2D eigenvalue weighted by Crippen LogP contribution is -2.54. The quantitative estimate of drug-likeness (QED) is 0.242. The van der Waals surface area contributed by atoms with Crippen molar-refractivity contribution in [2.75, 3.05) is 86.5 Å². The highest BCUT2D eigenvalue weighted by atomic mass is 16.5. The lowest BCUT2D eigenvalue weighted by Gasteiger charge is -2.42. The summed E-state index contributed by atoms with van der Waals surface area (Å²) in [5, 5.41) is 9.01. The topological polar surface area (TPSA) is 156 Å². The Kier molecular flexibility index (Phi) is 11.8. The second-order valence-corrected chi connectivity index (χ2v) is 16.4. The first-order valence-electron chi connectivity index (χ1n) is 21.0. The number of benzene rings is 2. The van der Waals surface area contributed by atoms with Gasteiger partial charge in [0.15, 0.2) is 5.82 Å². The molecule has 8 rings (SSSR count). The largest absolute Gasteiger partial charge is 0.495 e. The number of rotatable bonds is 11. The number of ether oxygens (including phenoxy) is 1. The fraction of sp³-hybridized carbons (Fsp3) is 0.535.